The van der Waals surface area contributed by atoms with Crippen LogP contribution in [0.3, 0.4) is 0 Å². The fourth-order valence-corrected chi connectivity index (χ4v) is 2.86. The van der Waals surface area contributed by atoms with Crippen LogP contribution in [0, 0.1) is 0 Å². The SMILES string of the molecule is CN(C)C1CCc2oc3ccc(NC=O)cc3c2C1. The molecule has 0 radical (unpaired) electrons. The molecule has 2 aromatic rings. The molecule has 0 bridgehead atoms. The van der Waals surface area contributed by atoms with Gasteiger partial charge in [0.25, 0.3) is 0 Å². The second kappa shape index (κ2) is 4.70. The Hall–Kier alpha value is -1.81. The zero-order chi connectivity index (χ0) is 13.4. The summed E-state index contributed by atoms with van der Waals surface area (Å²) in [4.78, 5) is 12.8. The molecule has 1 amide bonds. The predicted octanol–water partition coefficient (Wildman–Crippen LogP) is 2.42. The van der Waals surface area contributed by atoms with Crippen LogP contribution >= 0.6 is 0 Å². The molecule has 100 valence electrons. The molecule has 0 spiro atoms. The summed E-state index contributed by atoms with van der Waals surface area (Å²) < 4.78 is 5.92. The van der Waals surface area contributed by atoms with Crippen LogP contribution in [-0.2, 0) is 17.6 Å². The number of anilines is 1. The number of likely N-dealkylation sites (N-methyl/N-ethyl adjacent to an activating group) is 1. The molecule has 0 aliphatic heterocycles. The maximum atomic E-state index is 10.5. The van der Waals surface area contributed by atoms with Crippen molar-refractivity contribution in [2.45, 2.75) is 25.3 Å². The molecule has 1 heterocycles. The van der Waals surface area contributed by atoms with Gasteiger partial charge in [0.1, 0.15) is 11.3 Å². The van der Waals surface area contributed by atoms with E-state index in [1.165, 1.54) is 5.56 Å². The minimum Gasteiger partial charge on any atom is -0.461 e. The molecule has 1 aromatic carbocycles. The van der Waals surface area contributed by atoms with Gasteiger partial charge >= 0.3 is 0 Å². The van der Waals surface area contributed by atoms with Crippen LogP contribution in [0.25, 0.3) is 11.0 Å². The van der Waals surface area contributed by atoms with E-state index in [2.05, 4.69) is 24.3 Å². The molecule has 1 aliphatic carbocycles. The van der Waals surface area contributed by atoms with Gasteiger partial charge in [-0.2, -0.15) is 0 Å². The highest BCUT2D eigenvalue weighted by Crippen LogP contribution is 2.34. The van der Waals surface area contributed by atoms with Crippen molar-refractivity contribution in [2.75, 3.05) is 19.4 Å². The van der Waals surface area contributed by atoms with Crippen LogP contribution in [0.2, 0.25) is 0 Å². The first kappa shape index (κ1) is 12.2. The first-order valence-corrected chi connectivity index (χ1v) is 6.60. The van der Waals surface area contributed by atoms with E-state index >= 15 is 0 Å². The van der Waals surface area contributed by atoms with Gasteiger partial charge in [-0.3, -0.25) is 4.79 Å². The molecule has 0 saturated carbocycles. The molecule has 19 heavy (non-hydrogen) atoms. The topological polar surface area (TPSA) is 45.5 Å². The molecular weight excluding hydrogens is 240 g/mol. The standard InChI is InChI=1S/C15H18N2O2/c1-17(2)11-4-6-15-13(8-11)12-7-10(16-9-18)3-5-14(12)19-15/h3,5,7,9,11H,4,6,8H2,1-2H3,(H,16,18). The summed E-state index contributed by atoms with van der Waals surface area (Å²) in [7, 11) is 4.24. The summed E-state index contributed by atoms with van der Waals surface area (Å²) in [5.41, 5.74) is 3.04. The number of rotatable bonds is 3. The van der Waals surface area contributed by atoms with Crippen molar-refractivity contribution >= 4 is 23.1 Å². The second-order valence-corrected chi connectivity index (χ2v) is 5.34. The van der Waals surface area contributed by atoms with E-state index in [1.54, 1.807) is 0 Å². The molecule has 0 saturated heterocycles. The van der Waals surface area contributed by atoms with E-state index in [9.17, 15) is 4.79 Å². The van der Waals surface area contributed by atoms with Gasteiger partial charge < -0.3 is 14.6 Å². The number of fused-ring (bicyclic) bond motifs is 3. The lowest BCUT2D eigenvalue weighted by Gasteiger charge is -2.27. The highest BCUT2D eigenvalue weighted by molar-refractivity contribution is 5.88. The Morgan fingerprint density at radius 3 is 3.00 bits per heavy atom. The summed E-state index contributed by atoms with van der Waals surface area (Å²) in [5, 5.41) is 3.83. The Balaban J connectivity index is 2.05. The lowest BCUT2D eigenvalue weighted by molar-refractivity contribution is -0.105. The average molecular weight is 258 g/mol. The van der Waals surface area contributed by atoms with E-state index in [4.69, 9.17) is 4.42 Å². The molecule has 4 nitrogen and oxygen atoms in total. The molecule has 1 atom stereocenters. The highest BCUT2D eigenvalue weighted by Gasteiger charge is 2.25. The van der Waals surface area contributed by atoms with Crippen molar-refractivity contribution in [2.24, 2.45) is 0 Å². The number of carbonyl (C=O) groups is 1. The van der Waals surface area contributed by atoms with E-state index in [1.807, 2.05) is 18.2 Å². The van der Waals surface area contributed by atoms with Gasteiger partial charge in [-0.25, -0.2) is 0 Å². The monoisotopic (exact) mass is 258 g/mol. The first-order valence-electron chi connectivity index (χ1n) is 6.60. The third-order valence-corrected chi connectivity index (χ3v) is 3.97. The summed E-state index contributed by atoms with van der Waals surface area (Å²) >= 11 is 0. The summed E-state index contributed by atoms with van der Waals surface area (Å²) in [6.07, 6.45) is 3.85. The quantitative estimate of drug-likeness (QED) is 0.860. The van der Waals surface area contributed by atoms with Gasteiger partial charge in [0, 0.05) is 29.1 Å². The molecule has 1 aliphatic rings. The fraction of sp³-hybridized carbons (Fsp3) is 0.400. The summed E-state index contributed by atoms with van der Waals surface area (Å²) in [6, 6.07) is 6.37. The number of carbonyl (C=O) groups excluding carboxylic acids is 1. The van der Waals surface area contributed by atoms with E-state index < -0.39 is 0 Å². The molecule has 0 fully saturated rings. The minimum atomic E-state index is 0.566. The molecular formula is C15H18N2O2. The first-order chi connectivity index (χ1) is 9.19. The van der Waals surface area contributed by atoms with Gasteiger partial charge in [-0.15, -0.1) is 0 Å². The normalized spacial score (nSPS) is 18.6. The molecule has 3 rings (SSSR count). The Labute approximate surface area is 112 Å². The van der Waals surface area contributed by atoms with Crippen LogP contribution < -0.4 is 5.32 Å². The third-order valence-electron chi connectivity index (χ3n) is 3.97. The molecule has 1 aromatic heterocycles. The fourth-order valence-electron chi connectivity index (χ4n) is 2.86. The molecule has 1 N–H and O–H groups in total. The molecule has 1 unspecified atom stereocenters. The van der Waals surface area contributed by atoms with Crippen molar-refractivity contribution in [1.82, 2.24) is 4.90 Å². The number of benzene rings is 1. The zero-order valence-corrected chi connectivity index (χ0v) is 11.3. The molecule has 4 heteroatoms. The van der Waals surface area contributed by atoms with E-state index in [-0.39, 0.29) is 0 Å². The van der Waals surface area contributed by atoms with Crippen molar-refractivity contribution in [3.63, 3.8) is 0 Å². The Bertz CT molecular complexity index is 616. The number of hydrogen-bond acceptors (Lipinski definition) is 3. The van der Waals surface area contributed by atoms with Crippen molar-refractivity contribution in [3.8, 4) is 0 Å². The summed E-state index contributed by atoms with van der Waals surface area (Å²) in [5.74, 6) is 1.11. The largest absolute Gasteiger partial charge is 0.461 e. The number of furan rings is 1. The van der Waals surface area contributed by atoms with Crippen molar-refractivity contribution in [3.05, 3.63) is 29.5 Å². The summed E-state index contributed by atoms with van der Waals surface area (Å²) in [6.45, 7) is 0. The Morgan fingerprint density at radius 2 is 2.26 bits per heavy atom. The predicted molar refractivity (Wildman–Crippen MR) is 75.4 cm³/mol. The van der Waals surface area contributed by atoms with Crippen LogP contribution in [0.15, 0.2) is 22.6 Å². The number of amides is 1. The van der Waals surface area contributed by atoms with Crippen LogP contribution in [-0.4, -0.2) is 31.4 Å². The van der Waals surface area contributed by atoms with Crippen LogP contribution in [0.1, 0.15) is 17.7 Å². The smallest absolute Gasteiger partial charge is 0.211 e. The van der Waals surface area contributed by atoms with Crippen LogP contribution in [0.5, 0.6) is 0 Å². The van der Waals surface area contributed by atoms with Gasteiger partial charge in [-0.05, 0) is 45.1 Å². The maximum absolute atomic E-state index is 10.5. The second-order valence-electron chi connectivity index (χ2n) is 5.34. The average Bonchev–Trinajstić information content (AvgIpc) is 2.76. The maximum Gasteiger partial charge on any atom is 0.211 e. The van der Waals surface area contributed by atoms with Gasteiger partial charge in [-0.1, -0.05) is 0 Å². The highest BCUT2D eigenvalue weighted by atomic mass is 16.3. The Morgan fingerprint density at radius 1 is 1.42 bits per heavy atom. The van der Waals surface area contributed by atoms with Gasteiger partial charge in [0.2, 0.25) is 6.41 Å². The van der Waals surface area contributed by atoms with Gasteiger partial charge in [0.15, 0.2) is 0 Å². The number of nitrogens with zero attached hydrogens (tertiary/aromatic N) is 1. The van der Waals surface area contributed by atoms with Crippen molar-refractivity contribution in [1.29, 1.82) is 0 Å². The van der Waals surface area contributed by atoms with E-state index in [0.717, 1.165) is 41.7 Å². The van der Waals surface area contributed by atoms with Crippen molar-refractivity contribution < 1.29 is 9.21 Å². The lowest BCUT2D eigenvalue weighted by Crippen LogP contribution is -2.33. The number of hydrogen-bond donors (Lipinski definition) is 1. The van der Waals surface area contributed by atoms with Crippen LogP contribution in [0.4, 0.5) is 5.69 Å². The van der Waals surface area contributed by atoms with Gasteiger partial charge in [0.05, 0.1) is 0 Å². The lowest BCUT2D eigenvalue weighted by atomic mass is 9.91. The number of aryl methyl sites for hydroxylation is 1. The number of nitrogens with one attached hydrogen (secondary N) is 1. The zero-order valence-electron chi connectivity index (χ0n) is 11.3. The minimum absolute atomic E-state index is 0.566. The van der Waals surface area contributed by atoms with E-state index in [0.29, 0.717) is 12.5 Å². The third kappa shape index (κ3) is 2.12. The Kier molecular flexibility index (Phi) is 3.03.